The first-order chi connectivity index (χ1) is 32.8. The topological polar surface area (TPSA) is 94.6 Å². The Morgan fingerprint density at radius 1 is 0.403 bits per heavy atom. The lowest BCUT2D eigenvalue weighted by Crippen LogP contribution is -2.34. The van der Waals surface area contributed by atoms with Gasteiger partial charge in [-0.15, -0.1) is 0 Å². The molecule has 0 N–H and O–H groups in total. The Morgan fingerprint density at radius 3 is 1.18 bits per heavy atom. The molecular formula is C58H110N2O7. The van der Waals surface area contributed by atoms with Gasteiger partial charge in [0.1, 0.15) is 12.7 Å². The van der Waals surface area contributed by atoms with Crippen molar-refractivity contribution >= 4 is 18.1 Å². The van der Waals surface area contributed by atoms with E-state index in [1.165, 1.54) is 141 Å². The molecule has 0 unspecified atom stereocenters. The van der Waals surface area contributed by atoms with Crippen LogP contribution in [0, 0.1) is 0 Å². The van der Waals surface area contributed by atoms with E-state index in [0.717, 1.165) is 110 Å². The van der Waals surface area contributed by atoms with Gasteiger partial charge in [-0.25, -0.2) is 4.79 Å². The van der Waals surface area contributed by atoms with Crippen LogP contribution in [0.5, 0.6) is 0 Å². The zero-order valence-electron chi connectivity index (χ0n) is 45.0. The lowest BCUT2D eigenvalue weighted by Gasteiger charge is -2.22. The molecule has 0 saturated carbocycles. The monoisotopic (exact) mass is 947 g/mol. The smallest absolute Gasteiger partial charge is 0.466 e. The van der Waals surface area contributed by atoms with Crippen molar-refractivity contribution in [3.05, 3.63) is 24.3 Å². The molecule has 0 heterocycles. The summed E-state index contributed by atoms with van der Waals surface area (Å²) in [7, 11) is 4.13. The molecule has 67 heavy (non-hydrogen) atoms. The fourth-order valence-electron chi connectivity index (χ4n) is 8.31. The van der Waals surface area contributed by atoms with E-state index in [0.29, 0.717) is 39.2 Å². The number of rotatable bonds is 52. The molecule has 9 heteroatoms. The highest BCUT2D eigenvalue weighted by Crippen LogP contribution is 2.18. The van der Waals surface area contributed by atoms with Crippen molar-refractivity contribution in [1.82, 2.24) is 9.80 Å². The number of esters is 2. The van der Waals surface area contributed by atoms with Crippen LogP contribution in [0.15, 0.2) is 24.3 Å². The Bertz CT molecular complexity index is 1060. The van der Waals surface area contributed by atoms with Crippen LogP contribution in [0.4, 0.5) is 4.79 Å². The average molecular weight is 948 g/mol. The lowest BCUT2D eigenvalue weighted by molar-refractivity contribution is -0.144. The predicted molar refractivity (Wildman–Crippen MR) is 284 cm³/mol. The maximum atomic E-state index is 12.7. The Balaban J connectivity index is 4.21. The molecule has 9 nitrogen and oxygen atoms in total. The molecule has 0 aromatic carbocycles. The molecule has 0 aromatic heterocycles. The third kappa shape index (κ3) is 51.3. The molecule has 0 bridgehead atoms. The van der Waals surface area contributed by atoms with E-state index < -0.39 is 6.16 Å². The number of ether oxygens (including phenoxy) is 4. The molecule has 0 radical (unpaired) electrons. The number of carbonyl (C=O) groups excluding carboxylic acids is 3. The number of allylic oxidation sites excluding steroid dienone is 4. The molecule has 0 saturated heterocycles. The SMILES string of the molecule is CCCCCCCC/C=C\CCCCCCCC(=O)OCCCCCCC(CCCCCCOC(=O)CCCCCCC/C=C\CCCCCCCC)OC(=O)OCCN(CC)CCN(C)C. The first-order valence-corrected chi connectivity index (χ1v) is 28.6. The third-order valence-corrected chi connectivity index (χ3v) is 12.9. The van der Waals surface area contributed by atoms with Crippen molar-refractivity contribution in [2.24, 2.45) is 0 Å². The highest BCUT2D eigenvalue weighted by molar-refractivity contribution is 5.69. The van der Waals surface area contributed by atoms with E-state index in [4.69, 9.17) is 18.9 Å². The van der Waals surface area contributed by atoms with Crippen molar-refractivity contribution in [3.63, 3.8) is 0 Å². The Morgan fingerprint density at radius 2 is 0.776 bits per heavy atom. The van der Waals surface area contributed by atoms with Crippen LogP contribution in [-0.4, -0.2) is 94.1 Å². The van der Waals surface area contributed by atoms with Gasteiger partial charge in [0.15, 0.2) is 0 Å². The summed E-state index contributed by atoms with van der Waals surface area (Å²) >= 11 is 0. The summed E-state index contributed by atoms with van der Waals surface area (Å²) in [6, 6.07) is 0. The molecule has 0 aliphatic heterocycles. The number of nitrogens with zero attached hydrogens (tertiary/aromatic N) is 2. The zero-order chi connectivity index (χ0) is 48.9. The van der Waals surface area contributed by atoms with Crippen molar-refractivity contribution in [2.45, 2.75) is 271 Å². The van der Waals surface area contributed by atoms with Gasteiger partial charge in [-0.1, -0.05) is 173 Å². The van der Waals surface area contributed by atoms with E-state index in [9.17, 15) is 14.4 Å². The first-order valence-electron chi connectivity index (χ1n) is 28.6. The van der Waals surface area contributed by atoms with Gasteiger partial charge < -0.3 is 23.8 Å². The molecule has 0 amide bonds. The molecule has 0 aromatic rings. The fourth-order valence-corrected chi connectivity index (χ4v) is 8.31. The van der Waals surface area contributed by atoms with Crippen molar-refractivity contribution in [2.75, 3.05) is 60.1 Å². The van der Waals surface area contributed by atoms with Gasteiger partial charge in [0.2, 0.25) is 0 Å². The van der Waals surface area contributed by atoms with E-state index in [-0.39, 0.29) is 18.0 Å². The number of unbranched alkanes of at least 4 members (excludes halogenated alkanes) is 28. The number of hydrogen-bond donors (Lipinski definition) is 0. The molecule has 0 aliphatic rings. The quantitative estimate of drug-likeness (QED) is 0.0256. The van der Waals surface area contributed by atoms with Crippen LogP contribution in [-0.2, 0) is 28.5 Å². The summed E-state index contributed by atoms with van der Waals surface area (Å²) in [6.07, 6.45) is 51.3. The summed E-state index contributed by atoms with van der Waals surface area (Å²) < 4.78 is 22.4. The summed E-state index contributed by atoms with van der Waals surface area (Å²) in [4.78, 5) is 41.7. The maximum absolute atomic E-state index is 12.7. The summed E-state index contributed by atoms with van der Waals surface area (Å²) in [5.41, 5.74) is 0. The zero-order valence-corrected chi connectivity index (χ0v) is 45.0. The Kier molecular flexibility index (Phi) is 51.1. The lowest BCUT2D eigenvalue weighted by atomic mass is 10.0. The molecule has 0 rings (SSSR count). The number of likely N-dealkylation sites (N-methyl/N-ethyl adjacent to an activating group) is 2. The highest BCUT2D eigenvalue weighted by Gasteiger charge is 2.16. The van der Waals surface area contributed by atoms with Crippen molar-refractivity contribution in [1.29, 1.82) is 0 Å². The Labute approximate surface area is 415 Å². The van der Waals surface area contributed by atoms with Gasteiger partial charge in [-0.05, 0) is 123 Å². The predicted octanol–water partition coefficient (Wildman–Crippen LogP) is 16.5. The van der Waals surface area contributed by atoms with Crippen molar-refractivity contribution in [3.8, 4) is 0 Å². The van der Waals surface area contributed by atoms with Crippen LogP contribution in [0.2, 0.25) is 0 Å². The van der Waals surface area contributed by atoms with E-state index in [1.807, 2.05) is 0 Å². The highest BCUT2D eigenvalue weighted by atomic mass is 16.7. The van der Waals surface area contributed by atoms with Crippen LogP contribution in [0.3, 0.4) is 0 Å². The second-order valence-corrected chi connectivity index (χ2v) is 19.6. The van der Waals surface area contributed by atoms with Crippen molar-refractivity contribution < 1.29 is 33.3 Å². The summed E-state index contributed by atoms with van der Waals surface area (Å²) in [5, 5.41) is 0. The van der Waals surface area contributed by atoms with Crippen LogP contribution in [0.1, 0.15) is 265 Å². The molecule has 0 aliphatic carbocycles. The van der Waals surface area contributed by atoms with Gasteiger partial charge in [-0.3, -0.25) is 14.5 Å². The minimum atomic E-state index is -0.579. The van der Waals surface area contributed by atoms with E-state index in [2.05, 4.69) is 69.0 Å². The first kappa shape index (κ1) is 64.6. The second-order valence-electron chi connectivity index (χ2n) is 19.6. The standard InChI is InChI=1S/C58H110N2O7/c1-6-9-11-13-15-17-19-21-23-25-27-29-31-33-41-47-56(61)64-52-43-37-35-39-45-55(67-58(63)66-54-51-60(8-3)50-49-59(4)5)46-40-36-38-44-53-65-57(62)48-42-34-32-30-28-26-24-22-20-18-16-14-12-10-7-2/h21-24,55H,6-20,25-54H2,1-5H3/b23-21-,24-22-. The normalized spacial score (nSPS) is 11.8. The summed E-state index contributed by atoms with van der Waals surface area (Å²) in [6.45, 7) is 11.4. The van der Waals surface area contributed by atoms with Gasteiger partial charge >= 0.3 is 18.1 Å². The fraction of sp³-hybridized carbons (Fsp3) is 0.879. The van der Waals surface area contributed by atoms with Crippen LogP contribution >= 0.6 is 0 Å². The van der Waals surface area contributed by atoms with E-state index in [1.54, 1.807) is 0 Å². The molecular weight excluding hydrogens is 837 g/mol. The molecule has 0 fully saturated rings. The average Bonchev–Trinajstić information content (AvgIpc) is 3.31. The molecule has 0 spiro atoms. The largest absolute Gasteiger partial charge is 0.508 e. The van der Waals surface area contributed by atoms with Crippen LogP contribution < -0.4 is 0 Å². The van der Waals surface area contributed by atoms with Gasteiger partial charge in [0.25, 0.3) is 0 Å². The minimum Gasteiger partial charge on any atom is -0.466 e. The number of hydrogen-bond acceptors (Lipinski definition) is 9. The van der Waals surface area contributed by atoms with Gasteiger partial charge in [0.05, 0.1) is 13.2 Å². The van der Waals surface area contributed by atoms with E-state index >= 15 is 0 Å². The Hall–Kier alpha value is -2.39. The summed E-state index contributed by atoms with van der Waals surface area (Å²) in [5.74, 6) is -0.146. The van der Waals surface area contributed by atoms with Crippen LogP contribution in [0.25, 0.3) is 0 Å². The van der Waals surface area contributed by atoms with Gasteiger partial charge in [0, 0.05) is 32.5 Å². The number of carbonyl (C=O) groups is 3. The maximum Gasteiger partial charge on any atom is 0.508 e. The van der Waals surface area contributed by atoms with Gasteiger partial charge in [-0.2, -0.15) is 0 Å². The third-order valence-electron chi connectivity index (χ3n) is 12.9. The molecule has 0 atom stereocenters. The molecule has 394 valence electrons. The second kappa shape index (κ2) is 53.0. The minimum absolute atomic E-state index is 0.0729.